The van der Waals surface area contributed by atoms with Gasteiger partial charge in [-0.25, -0.2) is 0 Å². The summed E-state index contributed by atoms with van der Waals surface area (Å²) >= 11 is 12.1. The smallest absolute Gasteiger partial charge is 0.292 e. The Bertz CT molecular complexity index is 1240. The molecule has 1 aliphatic heterocycles. The number of Topliss-reactive ketones (excluding diaryl/α,β-unsaturated/α-hetero) is 1. The zero-order valence-electron chi connectivity index (χ0n) is 20.3. The number of nitro groups is 1. The third-order valence-electron chi connectivity index (χ3n) is 6.30. The predicted molar refractivity (Wildman–Crippen MR) is 145 cm³/mol. The number of piperazine rings is 1. The molecule has 0 saturated carbocycles. The van der Waals surface area contributed by atoms with Gasteiger partial charge in [-0.1, -0.05) is 71.7 Å². The number of nitro benzene ring substituents is 1. The molecule has 8 nitrogen and oxygen atoms in total. The Labute approximate surface area is 225 Å². The number of ketones is 1. The minimum Gasteiger partial charge on any atom is -0.366 e. The number of para-hydroxylation sites is 2. The number of carbonyl (C=O) groups is 1. The Kier molecular flexibility index (Phi) is 9.13. The van der Waals surface area contributed by atoms with Crippen LogP contribution in [0.4, 0.5) is 11.4 Å². The first-order valence-corrected chi connectivity index (χ1v) is 12.7. The Morgan fingerprint density at radius 2 is 1.84 bits per heavy atom. The number of nitrogens with one attached hydrogen (secondary N) is 2. The standard InChI is InChI=1S/C27H28Cl2N4O4/c1-18(37-17-20-11-12-21(28)22(29)15-20)26(34)25-27(31-16-19-7-3-2-4-8-19)30-13-14-32(25)23-9-5-6-10-24(23)33(35)36/h2-12,15,18,25,27,30-31H,13-14,16-17H2,1H3. The molecule has 10 heteroatoms. The van der Waals surface area contributed by atoms with Crippen molar-refractivity contribution in [1.82, 2.24) is 10.6 Å². The summed E-state index contributed by atoms with van der Waals surface area (Å²) in [6, 6.07) is 20.8. The van der Waals surface area contributed by atoms with Gasteiger partial charge in [0.2, 0.25) is 0 Å². The number of hydrogen-bond acceptors (Lipinski definition) is 7. The van der Waals surface area contributed by atoms with Crippen LogP contribution >= 0.6 is 23.2 Å². The lowest BCUT2D eigenvalue weighted by atomic mass is 9.99. The van der Waals surface area contributed by atoms with Gasteiger partial charge in [0.1, 0.15) is 17.8 Å². The fourth-order valence-electron chi connectivity index (χ4n) is 4.40. The number of nitrogens with zero attached hydrogens (tertiary/aromatic N) is 2. The summed E-state index contributed by atoms with van der Waals surface area (Å²) < 4.78 is 5.94. The van der Waals surface area contributed by atoms with Crippen molar-refractivity contribution in [3.05, 3.63) is 104 Å². The third-order valence-corrected chi connectivity index (χ3v) is 7.04. The number of carbonyl (C=O) groups excluding carboxylic acids is 1. The van der Waals surface area contributed by atoms with Crippen molar-refractivity contribution >= 4 is 40.4 Å². The topological polar surface area (TPSA) is 96.7 Å². The van der Waals surface area contributed by atoms with Gasteiger partial charge in [-0.15, -0.1) is 0 Å². The van der Waals surface area contributed by atoms with Crippen LogP contribution in [-0.4, -0.2) is 42.1 Å². The van der Waals surface area contributed by atoms with E-state index in [1.54, 1.807) is 48.2 Å². The normalized spacial score (nSPS) is 18.4. The fraction of sp³-hybridized carbons (Fsp3) is 0.296. The SMILES string of the molecule is CC(OCc1ccc(Cl)c(Cl)c1)C(=O)C1C(NCc2ccccc2)NCCN1c1ccccc1[N+](=O)[O-]. The molecule has 194 valence electrons. The van der Waals surface area contributed by atoms with Crippen LogP contribution in [0.2, 0.25) is 10.0 Å². The maximum absolute atomic E-state index is 13.9. The first-order chi connectivity index (χ1) is 17.8. The lowest BCUT2D eigenvalue weighted by Crippen LogP contribution is -2.67. The zero-order valence-corrected chi connectivity index (χ0v) is 21.8. The molecule has 1 aliphatic rings. The molecular weight excluding hydrogens is 515 g/mol. The zero-order chi connectivity index (χ0) is 26.4. The van der Waals surface area contributed by atoms with Gasteiger partial charge in [0, 0.05) is 25.7 Å². The molecule has 1 heterocycles. The highest BCUT2D eigenvalue weighted by molar-refractivity contribution is 6.42. The molecule has 0 amide bonds. The number of rotatable bonds is 10. The summed E-state index contributed by atoms with van der Waals surface area (Å²) in [5.74, 6) is -0.198. The predicted octanol–water partition coefficient (Wildman–Crippen LogP) is 4.97. The minimum atomic E-state index is -0.786. The fourth-order valence-corrected chi connectivity index (χ4v) is 4.72. The Morgan fingerprint density at radius 1 is 1.11 bits per heavy atom. The summed E-state index contributed by atoms with van der Waals surface area (Å²) in [6.07, 6.45) is -1.25. The molecule has 37 heavy (non-hydrogen) atoms. The molecule has 0 aromatic heterocycles. The Morgan fingerprint density at radius 3 is 2.57 bits per heavy atom. The van der Waals surface area contributed by atoms with Crippen molar-refractivity contribution in [2.45, 2.75) is 38.4 Å². The van der Waals surface area contributed by atoms with Gasteiger partial charge in [-0.3, -0.25) is 25.5 Å². The van der Waals surface area contributed by atoms with Crippen LogP contribution in [-0.2, 0) is 22.7 Å². The van der Waals surface area contributed by atoms with Crippen LogP contribution in [0.25, 0.3) is 0 Å². The molecule has 2 N–H and O–H groups in total. The lowest BCUT2D eigenvalue weighted by Gasteiger charge is -2.43. The van der Waals surface area contributed by atoms with E-state index < -0.39 is 23.2 Å². The van der Waals surface area contributed by atoms with E-state index in [0.717, 1.165) is 11.1 Å². The molecule has 0 aliphatic carbocycles. The first-order valence-electron chi connectivity index (χ1n) is 11.9. The lowest BCUT2D eigenvalue weighted by molar-refractivity contribution is -0.384. The molecule has 1 saturated heterocycles. The van der Waals surface area contributed by atoms with E-state index in [1.807, 2.05) is 30.3 Å². The second-order valence-electron chi connectivity index (χ2n) is 8.79. The summed E-state index contributed by atoms with van der Waals surface area (Å²) in [4.78, 5) is 27.0. The van der Waals surface area contributed by atoms with Crippen molar-refractivity contribution in [1.29, 1.82) is 0 Å². The van der Waals surface area contributed by atoms with Crippen molar-refractivity contribution in [2.24, 2.45) is 0 Å². The maximum Gasteiger partial charge on any atom is 0.292 e. The highest BCUT2D eigenvalue weighted by atomic mass is 35.5. The monoisotopic (exact) mass is 542 g/mol. The average molecular weight is 543 g/mol. The van der Waals surface area contributed by atoms with Crippen LogP contribution in [0, 0.1) is 10.1 Å². The van der Waals surface area contributed by atoms with Gasteiger partial charge in [0.15, 0.2) is 5.78 Å². The second-order valence-corrected chi connectivity index (χ2v) is 9.60. The molecule has 3 atom stereocenters. The van der Waals surface area contributed by atoms with E-state index in [0.29, 0.717) is 35.4 Å². The summed E-state index contributed by atoms with van der Waals surface area (Å²) in [5.41, 5.74) is 2.19. The van der Waals surface area contributed by atoms with E-state index in [1.165, 1.54) is 6.07 Å². The van der Waals surface area contributed by atoms with Gasteiger partial charge in [-0.05, 0) is 36.2 Å². The van der Waals surface area contributed by atoms with Crippen molar-refractivity contribution in [2.75, 3.05) is 18.0 Å². The van der Waals surface area contributed by atoms with Gasteiger partial charge < -0.3 is 9.64 Å². The van der Waals surface area contributed by atoms with Gasteiger partial charge in [0.25, 0.3) is 5.69 Å². The molecule has 3 unspecified atom stereocenters. The van der Waals surface area contributed by atoms with Crippen molar-refractivity contribution < 1.29 is 14.5 Å². The van der Waals surface area contributed by atoms with E-state index in [-0.39, 0.29) is 18.1 Å². The van der Waals surface area contributed by atoms with Gasteiger partial charge in [-0.2, -0.15) is 0 Å². The van der Waals surface area contributed by atoms with E-state index in [2.05, 4.69) is 10.6 Å². The molecule has 4 rings (SSSR count). The second kappa shape index (κ2) is 12.5. The number of ether oxygens (including phenoxy) is 1. The molecule has 0 bridgehead atoms. The van der Waals surface area contributed by atoms with Crippen LogP contribution < -0.4 is 15.5 Å². The summed E-state index contributed by atoms with van der Waals surface area (Å²) in [5, 5.41) is 19.5. The minimum absolute atomic E-state index is 0.0478. The summed E-state index contributed by atoms with van der Waals surface area (Å²) in [7, 11) is 0. The van der Waals surface area contributed by atoms with Gasteiger partial charge in [0.05, 0.1) is 27.7 Å². The van der Waals surface area contributed by atoms with E-state index in [9.17, 15) is 14.9 Å². The molecule has 0 radical (unpaired) electrons. The first kappa shape index (κ1) is 27.0. The molecule has 1 fully saturated rings. The average Bonchev–Trinajstić information content (AvgIpc) is 2.92. The number of anilines is 1. The molecule has 3 aromatic carbocycles. The quantitative estimate of drug-likeness (QED) is 0.275. The van der Waals surface area contributed by atoms with Crippen LogP contribution in [0.15, 0.2) is 72.8 Å². The largest absolute Gasteiger partial charge is 0.366 e. The molecule has 3 aromatic rings. The summed E-state index contributed by atoms with van der Waals surface area (Å²) in [6.45, 7) is 3.34. The van der Waals surface area contributed by atoms with Crippen LogP contribution in [0.5, 0.6) is 0 Å². The van der Waals surface area contributed by atoms with Crippen molar-refractivity contribution in [3.8, 4) is 0 Å². The number of halogens is 2. The highest BCUT2D eigenvalue weighted by Gasteiger charge is 2.40. The Balaban J connectivity index is 1.58. The molecule has 0 spiro atoms. The maximum atomic E-state index is 13.9. The highest BCUT2D eigenvalue weighted by Crippen LogP contribution is 2.31. The third kappa shape index (κ3) is 6.66. The van der Waals surface area contributed by atoms with Crippen molar-refractivity contribution in [3.63, 3.8) is 0 Å². The number of hydrogen-bond donors (Lipinski definition) is 2. The van der Waals surface area contributed by atoms with Crippen LogP contribution in [0.1, 0.15) is 18.1 Å². The van der Waals surface area contributed by atoms with Crippen LogP contribution in [0.3, 0.4) is 0 Å². The molecular formula is C27H28Cl2N4O4. The number of benzene rings is 3. The van der Waals surface area contributed by atoms with Gasteiger partial charge >= 0.3 is 0 Å². The van der Waals surface area contributed by atoms with E-state index in [4.69, 9.17) is 27.9 Å². The van der Waals surface area contributed by atoms with E-state index >= 15 is 0 Å². The Hall–Kier alpha value is -3.01.